The Morgan fingerprint density at radius 1 is 1.64 bits per heavy atom. The number of nitrogen functional groups attached to an aromatic ring is 1. The molecule has 1 heterocycles. The van der Waals surface area contributed by atoms with Gasteiger partial charge in [-0.2, -0.15) is 0 Å². The van der Waals surface area contributed by atoms with E-state index in [1.807, 2.05) is 0 Å². The van der Waals surface area contributed by atoms with Crippen LogP contribution in [-0.2, 0) is 4.79 Å². The number of carbonyl (C=O) groups excluding carboxylic acids is 1. The van der Waals surface area contributed by atoms with Crippen molar-refractivity contribution < 1.29 is 4.79 Å². The average molecular weight is 194 g/mol. The first-order valence-corrected chi connectivity index (χ1v) is 4.26. The zero-order chi connectivity index (χ0) is 10.6. The molecule has 5 heteroatoms. The van der Waals surface area contributed by atoms with Crippen LogP contribution in [-0.4, -0.2) is 31.5 Å². The molecule has 0 bridgehead atoms. The van der Waals surface area contributed by atoms with Crippen molar-refractivity contribution in [2.24, 2.45) is 0 Å². The van der Waals surface area contributed by atoms with Gasteiger partial charge in [-0.1, -0.05) is 0 Å². The van der Waals surface area contributed by atoms with E-state index in [1.54, 1.807) is 37.3 Å². The van der Waals surface area contributed by atoms with Crippen LogP contribution in [0, 0.1) is 0 Å². The molecule has 0 radical (unpaired) electrons. The molecule has 0 saturated heterocycles. The molecule has 3 N–H and O–H groups in total. The second-order valence-corrected chi connectivity index (χ2v) is 2.98. The summed E-state index contributed by atoms with van der Waals surface area (Å²) in [6.07, 6.45) is 1.57. The Morgan fingerprint density at radius 3 is 2.86 bits per heavy atom. The Bertz CT molecular complexity index is 309. The molecular weight excluding hydrogens is 180 g/mol. The van der Waals surface area contributed by atoms with E-state index in [0.29, 0.717) is 5.69 Å². The second-order valence-electron chi connectivity index (χ2n) is 2.98. The highest BCUT2D eigenvalue weighted by Crippen LogP contribution is 2.09. The first kappa shape index (κ1) is 10.3. The number of hydrogen-bond donors (Lipinski definition) is 2. The number of likely N-dealkylation sites (N-methyl/N-ethyl adjacent to an activating group) is 2. The number of anilines is 2. The van der Waals surface area contributed by atoms with E-state index in [4.69, 9.17) is 5.73 Å². The van der Waals surface area contributed by atoms with Gasteiger partial charge in [-0.25, -0.2) is 4.98 Å². The zero-order valence-corrected chi connectivity index (χ0v) is 8.32. The second kappa shape index (κ2) is 4.45. The highest BCUT2D eigenvalue weighted by Gasteiger charge is 2.05. The van der Waals surface area contributed by atoms with Crippen LogP contribution in [0.2, 0.25) is 0 Å². The quantitative estimate of drug-likeness (QED) is 0.701. The van der Waals surface area contributed by atoms with Gasteiger partial charge in [0.1, 0.15) is 5.82 Å². The van der Waals surface area contributed by atoms with Crippen molar-refractivity contribution in [2.45, 2.75) is 0 Å². The molecule has 0 aliphatic carbocycles. The number of aromatic nitrogens is 1. The first-order chi connectivity index (χ1) is 6.63. The van der Waals surface area contributed by atoms with Gasteiger partial charge in [0.15, 0.2) is 0 Å². The van der Waals surface area contributed by atoms with Crippen LogP contribution in [0.1, 0.15) is 0 Å². The number of nitrogens with two attached hydrogens (primary N) is 1. The third-order valence-corrected chi connectivity index (χ3v) is 1.82. The van der Waals surface area contributed by atoms with Crippen LogP contribution in [0.25, 0.3) is 0 Å². The molecule has 0 aromatic carbocycles. The van der Waals surface area contributed by atoms with Crippen molar-refractivity contribution in [3.05, 3.63) is 18.3 Å². The lowest BCUT2D eigenvalue weighted by molar-refractivity contribution is -0.119. The summed E-state index contributed by atoms with van der Waals surface area (Å²) in [4.78, 5) is 16.9. The maximum atomic E-state index is 11.1. The molecule has 0 atom stereocenters. The number of rotatable bonds is 3. The molecule has 0 aliphatic heterocycles. The van der Waals surface area contributed by atoms with Crippen molar-refractivity contribution >= 4 is 17.4 Å². The zero-order valence-electron chi connectivity index (χ0n) is 8.32. The molecule has 1 aromatic heterocycles. The number of pyridine rings is 1. The summed E-state index contributed by atoms with van der Waals surface area (Å²) in [7, 11) is 3.40. The fraction of sp³-hybridized carbons (Fsp3) is 0.333. The summed E-state index contributed by atoms with van der Waals surface area (Å²) >= 11 is 0. The molecule has 1 amide bonds. The largest absolute Gasteiger partial charge is 0.397 e. The Morgan fingerprint density at radius 2 is 2.36 bits per heavy atom. The summed E-state index contributed by atoms with van der Waals surface area (Å²) in [5.74, 6) is 0.675. The Balaban J connectivity index is 2.65. The van der Waals surface area contributed by atoms with Crippen LogP contribution in [0.5, 0.6) is 0 Å². The Kier molecular flexibility index (Phi) is 3.28. The normalized spacial score (nSPS) is 9.57. The first-order valence-electron chi connectivity index (χ1n) is 4.26. The Hall–Kier alpha value is -1.78. The predicted octanol–water partition coefficient (Wildman–Crippen LogP) is -0.154. The summed E-state index contributed by atoms with van der Waals surface area (Å²) in [6, 6.07) is 3.53. The molecule has 0 saturated carbocycles. The number of hydrogen-bond acceptors (Lipinski definition) is 4. The summed E-state index contributed by atoms with van der Waals surface area (Å²) < 4.78 is 0. The predicted molar refractivity (Wildman–Crippen MR) is 56.0 cm³/mol. The van der Waals surface area contributed by atoms with E-state index in [-0.39, 0.29) is 12.5 Å². The number of nitrogens with zero attached hydrogens (tertiary/aromatic N) is 2. The van der Waals surface area contributed by atoms with Gasteiger partial charge in [0, 0.05) is 14.1 Å². The van der Waals surface area contributed by atoms with Crippen LogP contribution in [0.3, 0.4) is 0 Å². The van der Waals surface area contributed by atoms with E-state index in [1.165, 1.54) is 0 Å². The number of amides is 1. The Labute approximate surface area is 82.9 Å². The maximum absolute atomic E-state index is 11.1. The van der Waals surface area contributed by atoms with Gasteiger partial charge in [0.2, 0.25) is 5.91 Å². The lowest BCUT2D eigenvalue weighted by atomic mass is 10.4. The van der Waals surface area contributed by atoms with E-state index < -0.39 is 0 Å². The minimum atomic E-state index is -0.0499. The lowest BCUT2D eigenvalue weighted by Crippen LogP contribution is -2.33. The van der Waals surface area contributed by atoms with E-state index >= 15 is 0 Å². The van der Waals surface area contributed by atoms with Crippen molar-refractivity contribution in [1.82, 2.24) is 10.3 Å². The van der Waals surface area contributed by atoms with Crippen molar-refractivity contribution in [3.8, 4) is 0 Å². The van der Waals surface area contributed by atoms with Crippen molar-refractivity contribution in [1.29, 1.82) is 0 Å². The van der Waals surface area contributed by atoms with Gasteiger partial charge in [-0.3, -0.25) is 4.79 Å². The fourth-order valence-corrected chi connectivity index (χ4v) is 0.999. The SMILES string of the molecule is CNC(=O)CN(C)c1ccc(N)cn1. The van der Waals surface area contributed by atoms with Crippen LogP contribution in [0.4, 0.5) is 11.5 Å². The maximum Gasteiger partial charge on any atom is 0.239 e. The van der Waals surface area contributed by atoms with Gasteiger partial charge in [0.25, 0.3) is 0 Å². The highest BCUT2D eigenvalue weighted by molar-refractivity contribution is 5.80. The van der Waals surface area contributed by atoms with Gasteiger partial charge in [-0.15, -0.1) is 0 Å². The molecule has 0 spiro atoms. The molecule has 0 unspecified atom stereocenters. The smallest absolute Gasteiger partial charge is 0.239 e. The molecule has 1 rings (SSSR count). The number of nitrogens with one attached hydrogen (secondary N) is 1. The lowest BCUT2D eigenvalue weighted by Gasteiger charge is -2.16. The number of carbonyl (C=O) groups is 1. The highest BCUT2D eigenvalue weighted by atomic mass is 16.1. The summed E-state index contributed by atoms with van der Waals surface area (Å²) in [6.45, 7) is 0.285. The minimum absolute atomic E-state index is 0.0499. The topological polar surface area (TPSA) is 71.2 Å². The van der Waals surface area contributed by atoms with E-state index in [9.17, 15) is 4.79 Å². The molecule has 14 heavy (non-hydrogen) atoms. The standard InChI is InChI=1S/C9H14N4O/c1-11-9(14)6-13(2)8-4-3-7(10)5-12-8/h3-5H,6,10H2,1-2H3,(H,11,14). The van der Waals surface area contributed by atoms with E-state index in [0.717, 1.165) is 5.82 Å². The molecule has 0 fully saturated rings. The minimum Gasteiger partial charge on any atom is -0.397 e. The monoisotopic (exact) mass is 194 g/mol. The van der Waals surface area contributed by atoms with E-state index in [2.05, 4.69) is 10.3 Å². The van der Waals surface area contributed by atoms with Crippen LogP contribution >= 0.6 is 0 Å². The summed E-state index contributed by atoms with van der Waals surface area (Å²) in [5, 5.41) is 2.54. The summed E-state index contributed by atoms with van der Waals surface area (Å²) in [5.41, 5.74) is 6.11. The molecular formula is C9H14N4O. The molecule has 0 aliphatic rings. The fourth-order valence-electron chi connectivity index (χ4n) is 0.999. The molecule has 1 aromatic rings. The van der Waals surface area contributed by atoms with Crippen molar-refractivity contribution in [2.75, 3.05) is 31.3 Å². The van der Waals surface area contributed by atoms with Crippen molar-refractivity contribution in [3.63, 3.8) is 0 Å². The third-order valence-electron chi connectivity index (χ3n) is 1.82. The van der Waals surface area contributed by atoms with Gasteiger partial charge in [-0.05, 0) is 12.1 Å². The van der Waals surface area contributed by atoms with Gasteiger partial charge >= 0.3 is 0 Å². The average Bonchev–Trinajstić information content (AvgIpc) is 2.18. The molecule has 5 nitrogen and oxygen atoms in total. The third kappa shape index (κ3) is 2.62. The molecule has 76 valence electrons. The van der Waals surface area contributed by atoms with Gasteiger partial charge in [0.05, 0.1) is 18.4 Å². The van der Waals surface area contributed by atoms with Crippen LogP contribution in [0.15, 0.2) is 18.3 Å². The van der Waals surface area contributed by atoms with Gasteiger partial charge < -0.3 is 16.0 Å². The van der Waals surface area contributed by atoms with Crippen LogP contribution < -0.4 is 16.0 Å².